The van der Waals surface area contributed by atoms with Gasteiger partial charge < -0.3 is 9.55 Å². The number of aromatic nitrogens is 4. The molecule has 3 heterocycles. The summed E-state index contributed by atoms with van der Waals surface area (Å²) in [6.45, 7) is 1.76. The molecule has 0 atom stereocenters. The highest BCUT2D eigenvalue weighted by atomic mass is 32.1. The van der Waals surface area contributed by atoms with Crippen molar-refractivity contribution >= 4 is 38.5 Å². The molecule has 0 aliphatic carbocycles. The smallest absolute Gasteiger partial charge is 0.299 e. The van der Waals surface area contributed by atoms with Crippen molar-refractivity contribution in [3.63, 3.8) is 0 Å². The Balaban J connectivity index is 1.91. The Morgan fingerprint density at radius 3 is 2.91 bits per heavy atom. The average Bonchev–Trinajstić information content (AvgIpc) is 3.12. The van der Waals surface area contributed by atoms with Crippen molar-refractivity contribution in [1.82, 2.24) is 19.5 Å². The lowest BCUT2D eigenvalue weighted by Crippen LogP contribution is -2.14. The third-order valence-electron chi connectivity index (χ3n) is 3.64. The lowest BCUT2D eigenvalue weighted by molar-refractivity contribution is 0.0994. The molecule has 3 aromatic heterocycles. The Hall–Kier alpha value is -2.80. The number of amides is 1. The molecule has 6 nitrogen and oxygen atoms in total. The van der Waals surface area contributed by atoms with Gasteiger partial charge in [-0.05, 0) is 25.1 Å². The van der Waals surface area contributed by atoms with Gasteiger partial charge in [-0.1, -0.05) is 23.5 Å². The van der Waals surface area contributed by atoms with E-state index in [9.17, 15) is 4.79 Å². The van der Waals surface area contributed by atoms with E-state index in [1.807, 2.05) is 35.9 Å². The number of hydrogen-bond acceptors (Lipinski definition) is 4. The molecule has 1 N–H and O–H groups in total. The molecule has 0 saturated carbocycles. The van der Waals surface area contributed by atoms with Gasteiger partial charge in [0.1, 0.15) is 17.2 Å². The zero-order valence-electron chi connectivity index (χ0n) is 12.6. The third-order valence-corrected chi connectivity index (χ3v) is 4.75. The number of aryl methyl sites for hydroxylation is 2. The highest BCUT2D eigenvalue weighted by Crippen LogP contribution is 2.17. The first-order valence-corrected chi connectivity index (χ1v) is 7.90. The van der Waals surface area contributed by atoms with Gasteiger partial charge >= 0.3 is 0 Å². The SMILES string of the molecule is Cc1nc(C(=O)N=c2sc3ccccc3n2C)c2cc[nH]c2n1. The molecular weight excluding hydrogens is 310 g/mol. The fraction of sp³-hybridized carbons (Fsp3) is 0.125. The summed E-state index contributed by atoms with van der Waals surface area (Å²) >= 11 is 1.48. The first-order chi connectivity index (χ1) is 11.1. The molecule has 7 heteroatoms. The lowest BCUT2D eigenvalue weighted by Gasteiger charge is -1.99. The summed E-state index contributed by atoms with van der Waals surface area (Å²) in [4.78, 5) is 29.1. The number of aromatic amines is 1. The minimum Gasteiger partial charge on any atom is -0.346 e. The van der Waals surface area contributed by atoms with E-state index in [-0.39, 0.29) is 5.91 Å². The van der Waals surface area contributed by atoms with Crippen molar-refractivity contribution in [2.75, 3.05) is 0 Å². The van der Waals surface area contributed by atoms with Crippen LogP contribution in [0.15, 0.2) is 41.5 Å². The Kier molecular flexibility index (Phi) is 3.09. The van der Waals surface area contributed by atoms with Gasteiger partial charge in [0, 0.05) is 13.2 Å². The Morgan fingerprint density at radius 1 is 1.26 bits per heavy atom. The standard InChI is InChI=1S/C16H13N5OS/c1-9-18-13(10-7-8-17-14(10)19-9)15(22)20-16-21(2)11-5-3-4-6-12(11)23-16/h3-8H,1-2H3,(H,17,18,19). The van der Waals surface area contributed by atoms with E-state index < -0.39 is 0 Å². The maximum atomic E-state index is 12.6. The number of rotatable bonds is 1. The first-order valence-electron chi connectivity index (χ1n) is 7.09. The van der Waals surface area contributed by atoms with Gasteiger partial charge in [-0.15, -0.1) is 0 Å². The van der Waals surface area contributed by atoms with Crippen LogP contribution in [0, 0.1) is 6.92 Å². The molecule has 0 fully saturated rings. The maximum absolute atomic E-state index is 12.6. The van der Waals surface area contributed by atoms with Gasteiger partial charge in [-0.3, -0.25) is 4.79 Å². The number of nitrogens with zero attached hydrogens (tertiary/aromatic N) is 4. The molecular formula is C16H13N5OS. The van der Waals surface area contributed by atoms with E-state index in [4.69, 9.17) is 0 Å². The van der Waals surface area contributed by atoms with E-state index in [1.165, 1.54) is 11.3 Å². The van der Waals surface area contributed by atoms with Crippen LogP contribution in [0.2, 0.25) is 0 Å². The molecule has 1 amide bonds. The highest BCUT2D eigenvalue weighted by Gasteiger charge is 2.14. The Labute approximate surface area is 135 Å². The molecule has 0 spiro atoms. The molecule has 0 bridgehead atoms. The zero-order valence-corrected chi connectivity index (χ0v) is 13.4. The molecule has 0 saturated heterocycles. The van der Waals surface area contributed by atoms with Crippen LogP contribution >= 0.6 is 11.3 Å². The van der Waals surface area contributed by atoms with Crippen molar-refractivity contribution in [3.8, 4) is 0 Å². The third kappa shape index (κ3) is 2.25. The van der Waals surface area contributed by atoms with Gasteiger partial charge in [0.25, 0.3) is 5.91 Å². The molecule has 0 radical (unpaired) electrons. The van der Waals surface area contributed by atoms with Crippen molar-refractivity contribution in [3.05, 3.63) is 52.8 Å². The number of thiazole rings is 1. The zero-order chi connectivity index (χ0) is 16.0. The summed E-state index contributed by atoms with van der Waals surface area (Å²) in [6.07, 6.45) is 1.75. The molecule has 4 rings (SSSR count). The van der Waals surface area contributed by atoms with E-state index >= 15 is 0 Å². The van der Waals surface area contributed by atoms with Crippen LogP contribution in [-0.2, 0) is 7.05 Å². The van der Waals surface area contributed by atoms with Crippen LogP contribution in [0.4, 0.5) is 0 Å². The Bertz CT molecular complexity index is 1120. The minimum atomic E-state index is -0.359. The second-order valence-electron chi connectivity index (χ2n) is 5.19. The number of fused-ring (bicyclic) bond motifs is 2. The quantitative estimate of drug-likeness (QED) is 0.585. The van der Waals surface area contributed by atoms with Gasteiger partial charge in [0.05, 0.1) is 15.6 Å². The van der Waals surface area contributed by atoms with Crippen LogP contribution < -0.4 is 4.80 Å². The first kappa shape index (κ1) is 13.8. The minimum absolute atomic E-state index is 0.325. The molecule has 0 unspecified atom stereocenters. The molecule has 4 aromatic rings. The number of nitrogens with one attached hydrogen (secondary N) is 1. The summed E-state index contributed by atoms with van der Waals surface area (Å²) < 4.78 is 3.01. The van der Waals surface area contributed by atoms with Gasteiger partial charge in [0.15, 0.2) is 4.80 Å². The van der Waals surface area contributed by atoms with Crippen LogP contribution in [0.5, 0.6) is 0 Å². The summed E-state index contributed by atoms with van der Waals surface area (Å²) in [5.74, 6) is 0.182. The number of H-pyrrole nitrogens is 1. The van der Waals surface area contributed by atoms with Crippen LogP contribution in [0.3, 0.4) is 0 Å². The van der Waals surface area contributed by atoms with Crippen LogP contribution in [-0.4, -0.2) is 25.4 Å². The summed E-state index contributed by atoms with van der Waals surface area (Å²) in [7, 11) is 1.90. The predicted molar refractivity (Wildman–Crippen MR) is 89.3 cm³/mol. The van der Waals surface area contributed by atoms with E-state index in [0.29, 0.717) is 27.4 Å². The molecule has 1 aromatic carbocycles. The van der Waals surface area contributed by atoms with E-state index in [0.717, 1.165) is 10.2 Å². The molecule has 0 aliphatic heterocycles. The number of para-hydroxylation sites is 1. The second kappa shape index (κ2) is 5.13. The van der Waals surface area contributed by atoms with E-state index in [1.54, 1.807) is 19.2 Å². The normalized spacial score (nSPS) is 12.3. The monoisotopic (exact) mass is 323 g/mol. The fourth-order valence-electron chi connectivity index (χ4n) is 2.54. The number of hydrogen-bond donors (Lipinski definition) is 1. The highest BCUT2D eigenvalue weighted by molar-refractivity contribution is 7.16. The summed E-state index contributed by atoms with van der Waals surface area (Å²) in [5.41, 5.74) is 2.03. The van der Waals surface area contributed by atoms with Crippen LogP contribution in [0.25, 0.3) is 21.3 Å². The number of benzene rings is 1. The molecule has 23 heavy (non-hydrogen) atoms. The number of carbonyl (C=O) groups excluding carboxylic acids is 1. The average molecular weight is 323 g/mol. The van der Waals surface area contributed by atoms with Crippen molar-refractivity contribution in [2.24, 2.45) is 12.0 Å². The Morgan fingerprint density at radius 2 is 2.09 bits per heavy atom. The molecule has 114 valence electrons. The second-order valence-corrected chi connectivity index (χ2v) is 6.20. The summed E-state index contributed by atoms with van der Waals surface area (Å²) in [6, 6.07) is 9.76. The van der Waals surface area contributed by atoms with Gasteiger partial charge in [-0.2, -0.15) is 4.99 Å². The van der Waals surface area contributed by atoms with Crippen molar-refractivity contribution < 1.29 is 4.79 Å². The van der Waals surface area contributed by atoms with Crippen LogP contribution in [0.1, 0.15) is 16.3 Å². The largest absolute Gasteiger partial charge is 0.346 e. The fourth-order valence-corrected chi connectivity index (χ4v) is 3.56. The van der Waals surface area contributed by atoms with Gasteiger partial charge in [0.2, 0.25) is 0 Å². The lowest BCUT2D eigenvalue weighted by atomic mass is 10.2. The van der Waals surface area contributed by atoms with Gasteiger partial charge in [-0.25, -0.2) is 9.97 Å². The number of carbonyl (C=O) groups is 1. The van der Waals surface area contributed by atoms with Crippen molar-refractivity contribution in [2.45, 2.75) is 6.92 Å². The van der Waals surface area contributed by atoms with E-state index in [2.05, 4.69) is 19.9 Å². The maximum Gasteiger partial charge on any atom is 0.299 e. The summed E-state index contributed by atoms with van der Waals surface area (Å²) in [5, 5.41) is 0.688. The molecule has 0 aliphatic rings. The predicted octanol–water partition coefficient (Wildman–Crippen LogP) is 2.56. The van der Waals surface area contributed by atoms with Crippen molar-refractivity contribution in [1.29, 1.82) is 0 Å². The topological polar surface area (TPSA) is 75.9 Å².